The number of hydrogen-bond acceptors (Lipinski definition) is 3. The molecule has 0 saturated carbocycles. The smallest absolute Gasteiger partial charge is 0.353 e. The molecule has 17 heavy (non-hydrogen) atoms. The highest BCUT2D eigenvalue weighted by Crippen LogP contribution is 2.41. The second kappa shape index (κ2) is 5.54. The first-order chi connectivity index (χ1) is 8.04. The highest BCUT2D eigenvalue weighted by Gasteiger charge is 2.25. The van der Waals surface area contributed by atoms with Gasteiger partial charge in [-0.2, -0.15) is 8.78 Å². The largest absolute Gasteiger partial charge is 0.378 e. The van der Waals surface area contributed by atoms with Crippen molar-refractivity contribution in [3.8, 4) is 0 Å². The number of anilines is 1. The van der Waals surface area contributed by atoms with Crippen LogP contribution in [0.3, 0.4) is 0 Å². The molecule has 1 fully saturated rings. The van der Waals surface area contributed by atoms with E-state index in [1.54, 1.807) is 12.1 Å². The average molecular weight is 324 g/mol. The topological polar surface area (TPSA) is 12.5 Å². The van der Waals surface area contributed by atoms with E-state index in [0.717, 1.165) is 32.0 Å². The summed E-state index contributed by atoms with van der Waals surface area (Å²) in [6.45, 7) is 3.13. The number of halogens is 3. The van der Waals surface area contributed by atoms with Crippen molar-refractivity contribution >= 4 is 33.4 Å². The van der Waals surface area contributed by atoms with Crippen molar-refractivity contribution in [3.63, 3.8) is 0 Å². The Balaban J connectivity index is 2.02. The van der Waals surface area contributed by atoms with Crippen molar-refractivity contribution in [3.05, 3.63) is 24.3 Å². The van der Waals surface area contributed by atoms with Gasteiger partial charge in [0.1, 0.15) is 0 Å². The number of alkyl halides is 3. The Labute approximate surface area is 111 Å². The summed E-state index contributed by atoms with van der Waals surface area (Å²) in [6.07, 6.45) is 0. The maximum atomic E-state index is 12.7. The van der Waals surface area contributed by atoms with Crippen LogP contribution in [-0.4, -0.2) is 30.5 Å². The minimum absolute atomic E-state index is 0.496. The molecule has 1 aliphatic heterocycles. The van der Waals surface area contributed by atoms with Gasteiger partial charge >= 0.3 is 4.16 Å². The molecule has 0 aromatic heterocycles. The van der Waals surface area contributed by atoms with Crippen molar-refractivity contribution in [2.24, 2.45) is 0 Å². The number of nitrogens with zero attached hydrogens (tertiary/aromatic N) is 1. The van der Waals surface area contributed by atoms with Crippen LogP contribution in [0.5, 0.6) is 0 Å². The number of benzene rings is 1. The van der Waals surface area contributed by atoms with Gasteiger partial charge in [0.05, 0.1) is 13.2 Å². The molecule has 1 aromatic carbocycles. The fourth-order valence-corrected chi connectivity index (χ4v) is 2.78. The molecule has 1 aromatic rings. The lowest BCUT2D eigenvalue weighted by molar-refractivity contribution is 0.122. The molecule has 0 radical (unpaired) electrons. The molecular formula is C11H12BrF2NOS. The zero-order valence-electron chi connectivity index (χ0n) is 9.04. The molecule has 6 heteroatoms. The van der Waals surface area contributed by atoms with Gasteiger partial charge in [-0.15, -0.1) is 0 Å². The molecule has 0 bridgehead atoms. The average Bonchev–Trinajstić information content (AvgIpc) is 2.29. The predicted molar refractivity (Wildman–Crippen MR) is 69.2 cm³/mol. The van der Waals surface area contributed by atoms with Crippen LogP contribution in [0.1, 0.15) is 0 Å². The number of hydrogen-bond donors (Lipinski definition) is 0. The Morgan fingerprint density at radius 2 is 1.76 bits per heavy atom. The normalized spacial score (nSPS) is 17.2. The van der Waals surface area contributed by atoms with Gasteiger partial charge in [0, 0.05) is 39.6 Å². The van der Waals surface area contributed by atoms with E-state index in [9.17, 15) is 8.78 Å². The van der Waals surface area contributed by atoms with Gasteiger partial charge in [0.15, 0.2) is 0 Å². The van der Waals surface area contributed by atoms with Gasteiger partial charge in [-0.3, -0.25) is 0 Å². The molecule has 2 nitrogen and oxygen atoms in total. The lowest BCUT2D eigenvalue weighted by Crippen LogP contribution is -2.36. The quantitative estimate of drug-likeness (QED) is 0.623. The monoisotopic (exact) mass is 323 g/mol. The van der Waals surface area contributed by atoms with E-state index in [0.29, 0.717) is 16.7 Å². The molecule has 94 valence electrons. The second-order valence-electron chi connectivity index (χ2n) is 3.64. The summed E-state index contributed by atoms with van der Waals surface area (Å²) in [4.78, 5) is 2.73. The third-order valence-corrected chi connectivity index (χ3v) is 3.67. The summed E-state index contributed by atoms with van der Waals surface area (Å²) < 4.78 is 27.8. The summed E-state index contributed by atoms with van der Waals surface area (Å²) in [7, 11) is 0. The van der Waals surface area contributed by atoms with E-state index in [1.807, 2.05) is 12.1 Å². The van der Waals surface area contributed by atoms with Gasteiger partial charge in [-0.1, -0.05) is 0 Å². The van der Waals surface area contributed by atoms with E-state index < -0.39 is 4.16 Å². The van der Waals surface area contributed by atoms with Crippen molar-refractivity contribution in [1.82, 2.24) is 0 Å². The molecule has 1 heterocycles. The van der Waals surface area contributed by atoms with Crippen LogP contribution >= 0.6 is 27.7 Å². The maximum Gasteiger partial charge on any atom is 0.353 e. The lowest BCUT2D eigenvalue weighted by atomic mass is 10.2. The third-order valence-electron chi connectivity index (χ3n) is 2.45. The minimum Gasteiger partial charge on any atom is -0.378 e. The molecule has 0 amide bonds. The Kier molecular flexibility index (Phi) is 4.27. The lowest BCUT2D eigenvalue weighted by Gasteiger charge is -2.28. The van der Waals surface area contributed by atoms with E-state index in [1.165, 1.54) is 0 Å². The fraction of sp³-hybridized carbons (Fsp3) is 0.455. The number of ether oxygens (including phenoxy) is 1. The summed E-state index contributed by atoms with van der Waals surface area (Å²) in [5.41, 5.74) is 1.05. The second-order valence-corrected chi connectivity index (χ2v) is 6.35. The highest BCUT2D eigenvalue weighted by molar-refractivity contribution is 9.11. The Bertz CT molecular complexity index is 363. The van der Waals surface area contributed by atoms with Gasteiger partial charge < -0.3 is 9.64 Å². The summed E-state index contributed by atoms with van der Waals surface area (Å²) >= 11 is 2.81. The van der Waals surface area contributed by atoms with Gasteiger partial charge in [0.2, 0.25) is 0 Å². The first-order valence-electron chi connectivity index (χ1n) is 5.23. The van der Waals surface area contributed by atoms with Crippen LogP contribution in [-0.2, 0) is 4.74 Å². The van der Waals surface area contributed by atoms with Crippen molar-refractivity contribution < 1.29 is 13.5 Å². The van der Waals surface area contributed by atoms with Gasteiger partial charge in [0.25, 0.3) is 0 Å². The fourth-order valence-electron chi connectivity index (χ4n) is 1.68. The first kappa shape index (κ1) is 13.1. The van der Waals surface area contributed by atoms with Gasteiger partial charge in [-0.05, 0) is 36.0 Å². The summed E-state index contributed by atoms with van der Waals surface area (Å²) in [5.74, 6) is 0. The Morgan fingerprint density at radius 1 is 1.18 bits per heavy atom. The molecular weight excluding hydrogens is 312 g/mol. The van der Waals surface area contributed by atoms with Crippen LogP contribution in [0.25, 0.3) is 0 Å². The maximum absolute atomic E-state index is 12.7. The van der Waals surface area contributed by atoms with Crippen LogP contribution in [0.4, 0.5) is 14.5 Å². The van der Waals surface area contributed by atoms with Crippen molar-refractivity contribution in [1.29, 1.82) is 0 Å². The van der Waals surface area contributed by atoms with Crippen LogP contribution < -0.4 is 4.90 Å². The van der Waals surface area contributed by atoms with Crippen LogP contribution in [0.2, 0.25) is 0 Å². The summed E-state index contributed by atoms with van der Waals surface area (Å²) in [5, 5.41) is 0. The van der Waals surface area contributed by atoms with Crippen LogP contribution in [0, 0.1) is 0 Å². The van der Waals surface area contributed by atoms with E-state index in [2.05, 4.69) is 20.8 Å². The standard InChI is InChI=1S/C11H12BrF2NOS/c12-11(13,14)17-10-3-1-9(2-4-10)15-5-7-16-8-6-15/h1-4H,5-8H2. The van der Waals surface area contributed by atoms with Gasteiger partial charge in [-0.25, -0.2) is 0 Å². The first-order valence-corrected chi connectivity index (χ1v) is 6.84. The Morgan fingerprint density at radius 3 is 2.29 bits per heavy atom. The third kappa shape index (κ3) is 4.12. The molecule has 0 spiro atoms. The molecule has 0 unspecified atom stereocenters. The number of rotatable bonds is 3. The van der Waals surface area contributed by atoms with E-state index in [4.69, 9.17) is 4.74 Å². The van der Waals surface area contributed by atoms with Crippen molar-refractivity contribution in [2.75, 3.05) is 31.2 Å². The SMILES string of the molecule is FC(F)(Br)Sc1ccc(N2CCOCC2)cc1. The molecule has 0 aliphatic carbocycles. The van der Waals surface area contributed by atoms with E-state index >= 15 is 0 Å². The minimum atomic E-state index is -2.91. The zero-order chi connectivity index (χ0) is 12.3. The van der Waals surface area contributed by atoms with Crippen molar-refractivity contribution in [2.45, 2.75) is 9.06 Å². The molecule has 0 N–H and O–H groups in total. The number of thioether (sulfide) groups is 1. The molecule has 2 rings (SSSR count). The molecule has 1 saturated heterocycles. The zero-order valence-corrected chi connectivity index (χ0v) is 11.4. The number of morpholine rings is 1. The molecule has 1 aliphatic rings. The summed E-state index contributed by atoms with van der Waals surface area (Å²) in [6, 6.07) is 7.16. The van der Waals surface area contributed by atoms with Crippen LogP contribution in [0.15, 0.2) is 29.2 Å². The molecule has 0 atom stereocenters. The van der Waals surface area contributed by atoms with E-state index in [-0.39, 0.29) is 0 Å². The Hall–Kier alpha value is -0.330. The predicted octanol–water partition coefficient (Wildman–Crippen LogP) is 3.56. The highest BCUT2D eigenvalue weighted by atomic mass is 79.9.